The highest BCUT2D eigenvalue weighted by Crippen LogP contribution is 2.04. The predicted molar refractivity (Wildman–Crippen MR) is 59.8 cm³/mol. The van der Waals surface area contributed by atoms with E-state index in [1.54, 1.807) is 24.3 Å². The van der Waals surface area contributed by atoms with Crippen LogP contribution in [-0.4, -0.2) is 23.7 Å². The van der Waals surface area contributed by atoms with Crippen LogP contribution < -0.4 is 5.32 Å². The quantitative estimate of drug-likeness (QED) is 0.793. The van der Waals surface area contributed by atoms with Crippen molar-refractivity contribution in [3.63, 3.8) is 0 Å². The molecule has 4 nitrogen and oxygen atoms in total. The van der Waals surface area contributed by atoms with Crippen molar-refractivity contribution in [2.24, 2.45) is 0 Å². The largest absolute Gasteiger partial charge is 0.396 e. The zero-order valence-electron chi connectivity index (χ0n) is 9.10. The van der Waals surface area contributed by atoms with E-state index < -0.39 is 0 Å². The van der Waals surface area contributed by atoms with Crippen molar-refractivity contribution in [1.82, 2.24) is 5.32 Å². The van der Waals surface area contributed by atoms with Crippen LogP contribution in [0, 0.1) is 11.3 Å². The molecule has 0 aliphatic carbocycles. The maximum absolute atomic E-state index is 11.7. The van der Waals surface area contributed by atoms with Gasteiger partial charge in [-0.15, -0.1) is 0 Å². The van der Waals surface area contributed by atoms with Crippen molar-refractivity contribution in [1.29, 1.82) is 5.26 Å². The second-order valence-corrected chi connectivity index (χ2v) is 3.58. The monoisotopic (exact) mass is 218 g/mol. The van der Waals surface area contributed by atoms with Crippen LogP contribution >= 0.6 is 0 Å². The number of hydrogen-bond donors (Lipinski definition) is 2. The van der Waals surface area contributed by atoms with Gasteiger partial charge >= 0.3 is 0 Å². The highest BCUT2D eigenvalue weighted by Gasteiger charge is 2.08. The number of nitrogens with one attached hydrogen (secondary N) is 1. The molecule has 1 atom stereocenters. The number of rotatable bonds is 4. The molecule has 0 saturated carbocycles. The molecule has 2 N–H and O–H groups in total. The lowest BCUT2D eigenvalue weighted by atomic mass is 10.1. The fourth-order valence-electron chi connectivity index (χ4n) is 1.27. The number of benzene rings is 1. The normalized spacial score (nSPS) is 11.6. The summed E-state index contributed by atoms with van der Waals surface area (Å²) in [6, 6.07) is 8.35. The van der Waals surface area contributed by atoms with Gasteiger partial charge in [0.1, 0.15) is 0 Å². The molecule has 16 heavy (non-hydrogen) atoms. The summed E-state index contributed by atoms with van der Waals surface area (Å²) >= 11 is 0. The van der Waals surface area contributed by atoms with Gasteiger partial charge in [0.15, 0.2) is 0 Å². The third kappa shape index (κ3) is 3.37. The zero-order valence-corrected chi connectivity index (χ0v) is 9.10. The number of aliphatic hydroxyl groups excluding tert-OH is 1. The molecule has 0 fully saturated rings. The van der Waals surface area contributed by atoms with Crippen molar-refractivity contribution in [3.8, 4) is 6.07 Å². The summed E-state index contributed by atoms with van der Waals surface area (Å²) < 4.78 is 0. The average molecular weight is 218 g/mol. The molecule has 1 aromatic carbocycles. The highest BCUT2D eigenvalue weighted by molar-refractivity contribution is 5.94. The molecule has 0 spiro atoms. The first kappa shape index (κ1) is 12.2. The topological polar surface area (TPSA) is 73.1 Å². The molecule has 0 heterocycles. The Morgan fingerprint density at radius 1 is 1.50 bits per heavy atom. The Morgan fingerprint density at radius 3 is 2.62 bits per heavy atom. The molecule has 0 aromatic heterocycles. The maximum Gasteiger partial charge on any atom is 0.251 e. The van der Waals surface area contributed by atoms with Crippen LogP contribution in [0.2, 0.25) is 0 Å². The number of nitriles is 1. The third-order valence-electron chi connectivity index (χ3n) is 2.22. The Labute approximate surface area is 94.5 Å². The van der Waals surface area contributed by atoms with Gasteiger partial charge in [0.2, 0.25) is 0 Å². The Hall–Kier alpha value is -1.86. The SMILES string of the molecule is C[C@H](CCO)NC(=O)c1ccc(C#N)cc1. The number of carbonyl (C=O) groups is 1. The van der Waals surface area contributed by atoms with Crippen LogP contribution in [0.5, 0.6) is 0 Å². The molecule has 0 radical (unpaired) electrons. The van der Waals surface area contributed by atoms with Gasteiger partial charge in [0.25, 0.3) is 5.91 Å². The second kappa shape index (κ2) is 5.89. The van der Waals surface area contributed by atoms with Crippen molar-refractivity contribution < 1.29 is 9.90 Å². The third-order valence-corrected chi connectivity index (χ3v) is 2.22. The lowest BCUT2D eigenvalue weighted by Gasteiger charge is -2.12. The minimum absolute atomic E-state index is 0.0504. The van der Waals surface area contributed by atoms with Gasteiger partial charge in [0.05, 0.1) is 11.6 Å². The van der Waals surface area contributed by atoms with Crippen LogP contribution in [0.3, 0.4) is 0 Å². The van der Waals surface area contributed by atoms with Crippen LogP contribution in [0.1, 0.15) is 29.3 Å². The maximum atomic E-state index is 11.7. The van der Waals surface area contributed by atoms with E-state index in [0.29, 0.717) is 17.5 Å². The van der Waals surface area contributed by atoms with Crippen molar-refractivity contribution >= 4 is 5.91 Å². The van der Waals surface area contributed by atoms with E-state index in [0.717, 1.165) is 0 Å². The standard InChI is InChI=1S/C12H14N2O2/c1-9(6-7-15)14-12(16)11-4-2-10(8-13)3-5-11/h2-5,9,15H,6-7H2,1H3,(H,14,16)/t9-/m1/s1. The summed E-state index contributed by atoms with van der Waals surface area (Å²) in [5.41, 5.74) is 1.05. The van der Waals surface area contributed by atoms with Crippen LogP contribution in [0.15, 0.2) is 24.3 Å². The molecule has 4 heteroatoms. The lowest BCUT2D eigenvalue weighted by Crippen LogP contribution is -2.33. The van der Waals surface area contributed by atoms with E-state index in [4.69, 9.17) is 10.4 Å². The average Bonchev–Trinajstić information content (AvgIpc) is 2.29. The van der Waals surface area contributed by atoms with Crippen LogP contribution in [-0.2, 0) is 0 Å². The van der Waals surface area contributed by atoms with Gasteiger partial charge in [-0.3, -0.25) is 4.79 Å². The molecule has 1 amide bonds. The van der Waals surface area contributed by atoms with Gasteiger partial charge in [-0.2, -0.15) is 5.26 Å². The molecule has 0 saturated heterocycles. The first-order valence-electron chi connectivity index (χ1n) is 5.09. The first-order valence-corrected chi connectivity index (χ1v) is 5.09. The van der Waals surface area contributed by atoms with Crippen LogP contribution in [0.25, 0.3) is 0 Å². The Morgan fingerprint density at radius 2 is 2.12 bits per heavy atom. The number of carbonyl (C=O) groups excluding carboxylic acids is 1. The molecule has 1 rings (SSSR count). The van der Waals surface area contributed by atoms with E-state index >= 15 is 0 Å². The highest BCUT2D eigenvalue weighted by atomic mass is 16.3. The predicted octanol–water partition coefficient (Wildman–Crippen LogP) is 1.06. The lowest BCUT2D eigenvalue weighted by molar-refractivity contribution is 0.0934. The summed E-state index contributed by atoms with van der Waals surface area (Å²) in [5, 5.41) is 20.1. The molecular formula is C12H14N2O2. The molecule has 0 bridgehead atoms. The Kier molecular flexibility index (Phi) is 4.49. The summed E-state index contributed by atoms with van der Waals surface area (Å²) in [7, 11) is 0. The fraction of sp³-hybridized carbons (Fsp3) is 0.333. The minimum Gasteiger partial charge on any atom is -0.396 e. The molecule has 0 aliphatic heterocycles. The number of aliphatic hydroxyl groups is 1. The number of hydrogen-bond acceptors (Lipinski definition) is 3. The van der Waals surface area contributed by atoms with Gasteiger partial charge in [-0.1, -0.05) is 0 Å². The summed E-state index contributed by atoms with van der Waals surface area (Å²) in [6.45, 7) is 1.88. The smallest absolute Gasteiger partial charge is 0.251 e. The van der Waals surface area contributed by atoms with Gasteiger partial charge < -0.3 is 10.4 Å². The van der Waals surface area contributed by atoms with Gasteiger partial charge in [-0.25, -0.2) is 0 Å². The summed E-state index contributed by atoms with van der Waals surface area (Å²) in [5.74, 6) is -0.189. The van der Waals surface area contributed by atoms with E-state index in [1.807, 2.05) is 13.0 Å². The molecule has 0 unspecified atom stereocenters. The Balaban J connectivity index is 2.63. The first-order chi connectivity index (χ1) is 7.67. The minimum atomic E-state index is -0.189. The van der Waals surface area contributed by atoms with E-state index in [2.05, 4.69) is 5.32 Å². The number of amides is 1. The molecule has 84 valence electrons. The fourth-order valence-corrected chi connectivity index (χ4v) is 1.27. The van der Waals surface area contributed by atoms with E-state index in [9.17, 15) is 4.79 Å². The summed E-state index contributed by atoms with van der Waals surface area (Å²) in [6.07, 6.45) is 0.530. The van der Waals surface area contributed by atoms with Crippen molar-refractivity contribution in [3.05, 3.63) is 35.4 Å². The molecule has 1 aromatic rings. The van der Waals surface area contributed by atoms with E-state index in [1.165, 1.54) is 0 Å². The molecular weight excluding hydrogens is 204 g/mol. The van der Waals surface area contributed by atoms with Gasteiger partial charge in [-0.05, 0) is 37.6 Å². The summed E-state index contributed by atoms with van der Waals surface area (Å²) in [4.78, 5) is 11.7. The van der Waals surface area contributed by atoms with Gasteiger partial charge in [0, 0.05) is 18.2 Å². The van der Waals surface area contributed by atoms with Crippen molar-refractivity contribution in [2.45, 2.75) is 19.4 Å². The second-order valence-electron chi connectivity index (χ2n) is 3.58. The van der Waals surface area contributed by atoms with Crippen LogP contribution in [0.4, 0.5) is 0 Å². The number of nitrogens with zero attached hydrogens (tertiary/aromatic N) is 1. The zero-order chi connectivity index (χ0) is 12.0. The molecule has 0 aliphatic rings. The van der Waals surface area contributed by atoms with E-state index in [-0.39, 0.29) is 18.6 Å². The van der Waals surface area contributed by atoms with Crippen molar-refractivity contribution in [2.75, 3.05) is 6.61 Å². The Bertz CT molecular complexity index is 392.